The summed E-state index contributed by atoms with van der Waals surface area (Å²) in [5.41, 5.74) is 1.97. The monoisotopic (exact) mass is 501 g/mol. The lowest BCUT2D eigenvalue weighted by Gasteiger charge is -2.01. The van der Waals surface area contributed by atoms with Crippen molar-refractivity contribution in [2.75, 3.05) is 0 Å². The minimum atomic E-state index is 0.390. The minimum Gasteiger partial charge on any atom is -0.198 e. The Hall–Kier alpha value is -1.46. The number of benzene rings is 2. The zero-order chi connectivity index (χ0) is 18.2. The average Bonchev–Trinajstić information content (AvgIpc) is 3.08. The van der Waals surface area contributed by atoms with Crippen LogP contribution in [0.5, 0.6) is 0 Å². The third-order valence-electron chi connectivity index (χ3n) is 3.02. The number of tetrazole rings is 1. The summed E-state index contributed by atoms with van der Waals surface area (Å²) in [6, 6.07) is 13.1. The quantitative estimate of drug-likeness (QED) is 0.521. The highest BCUT2D eigenvalue weighted by molar-refractivity contribution is 9.10. The second-order valence-electron chi connectivity index (χ2n) is 4.81. The van der Waals surface area contributed by atoms with E-state index < -0.39 is 0 Å². The standard InChI is InChI=1S/C8H6BrClN4.C8H5BrClN/c9-7-2-1-6(10)3-5(7)4-8-11-13-14-12-8;9-8-2-1-7(10)5-6(8)3-4-11/h1-3H,4H2,(H,11,12,13,14);1-2,5H,3H2. The van der Waals surface area contributed by atoms with Crippen LogP contribution in [0.2, 0.25) is 10.0 Å². The Labute approximate surface area is 171 Å². The molecule has 0 fully saturated rings. The number of hydrogen-bond acceptors (Lipinski definition) is 4. The van der Waals surface area contributed by atoms with E-state index in [-0.39, 0.29) is 0 Å². The molecule has 0 aliphatic rings. The van der Waals surface area contributed by atoms with E-state index in [1.165, 1.54) is 0 Å². The first kappa shape index (κ1) is 19.9. The molecule has 128 valence electrons. The van der Waals surface area contributed by atoms with Gasteiger partial charge in [0.25, 0.3) is 0 Å². The van der Waals surface area contributed by atoms with Gasteiger partial charge in [-0.15, -0.1) is 10.2 Å². The van der Waals surface area contributed by atoms with Gasteiger partial charge in [0.15, 0.2) is 5.82 Å². The van der Waals surface area contributed by atoms with Crippen molar-refractivity contribution in [2.24, 2.45) is 0 Å². The van der Waals surface area contributed by atoms with E-state index in [0.29, 0.717) is 28.7 Å². The average molecular weight is 504 g/mol. The molecule has 0 saturated carbocycles. The largest absolute Gasteiger partial charge is 0.198 e. The Morgan fingerprint density at radius 3 is 2.16 bits per heavy atom. The molecule has 0 aliphatic carbocycles. The number of halogens is 4. The predicted octanol–water partition coefficient (Wildman–Crippen LogP) is 5.37. The molecule has 0 spiro atoms. The molecular weight excluding hydrogens is 493 g/mol. The summed E-state index contributed by atoms with van der Waals surface area (Å²) in [6.45, 7) is 0. The molecule has 1 N–H and O–H groups in total. The third kappa shape index (κ3) is 6.40. The number of H-pyrrole nitrogens is 1. The van der Waals surface area contributed by atoms with Crippen molar-refractivity contribution >= 4 is 55.1 Å². The van der Waals surface area contributed by atoms with Gasteiger partial charge in [-0.25, -0.2) is 0 Å². The number of aromatic amines is 1. The van der Waals surface area contributed by atoms with Crippen LogP contribution >= 0.6 is 55.1 Å². The summed E-state index contributed by atoms with van der Waals surface area (Å²) in [5.74, 6) is 0.646. The first-order valence-electron chi connectivity index (χ1n) is 6.96. The number of aromatic nitrogens is 4. The van der Waals surface area contributed by atoms with Crippen LogP contribution in [0.3, 0.4) is 0 Å². The van der Waals surface area contributed by atoms with E-state index in [0.717, 1.165) is 20.1 Å². The molecule has 9 heteroatoms. The fourth-order valence-electron chi connectivity index (χ4n) is 1.87. The van der Waals surface area contributed by atoms with Gasteiger partial charge < -0.3 is 0 Å². The van der Waals surface area contributed by atoms with Crippen LogP contribution in [0.25, 0.3) is 0 Å². The lowest BCUT2D eigenvalue weighted by Crippen LogP contribution is -1.92. The second-order valence-corrected chi connectivity index (χ2v) is 7.39. The van der Waals surface area contributed by atoms with Crippen molar-refractivity contribution in [3.05, 3.63) is 72.3 Å². The van der Waals surface area contributed by atoms with Crippen LogP contribution in [-0.4, -0.2) is 20.6 Å². The van der Waals surface area contributed by atoms with Crippen LogP contribution in [0.4, 0.5) is 0 Å². The van der Waals surface area contributed by atoms with Gasteiger partial charge in [-0.3, -0.25) is 0 Å². The first-order chi connectivity index (χ1) is 12.0. The number of nitrogens with zero attached hydrogens (tertiary/aromatic N) is 4. The van der Waals surface area contributed by atoms with Crippen LogP contribution in [-0.2, 0) is 12.8 Å². The smallest absolute Gasteiger partial charge is 0.178 e. The SMILES string of the molecule is Clc1ccc(Br)c(Cc2nn[nH]n2)c1.N#CCc1cc(Cl)ccc1Br. The predicted molar refractivity (Wildman–Crippen MR) is 105 cm³/mol. The molecule has 0 aliphatic heterocycles. The normalized spacial score (nSPS) is 9.88. The highest BCUT2D eigenvalue weighted by Crippen LogP contribution is 2.22. The lowest BCUT2D eigenvalue weighted by molar-refractivity contribution is 0.881. The number of rotatable bonds is 3. The van der Waals surface area contributed by atoms with Crippen LogP contribution < -0.4 is 0 Å². The van der Waals surface area contributed by atoms with E-state index in [1.807, 2.05) is 24.3 Å². The molecule has 0 atom stereocenters. The second kappa shape index (κ2) is 9.88. The maximum Gasteiger partial charge on any atom is 0.178 e. The van der Waals surface area contributed by atoms with Gasteiger partial charge in [-0.2, -0.15) is 10.5 Å². The molecule has 0 amide bonds. The summed E-state index contributed by atoms with van der Waals surface area (Å²) in [7, 11) is 0. The Morgan fingerprint density at radius 1 is 1.00 bits per heavy atom. The van der Waals surface area contributed by atoms with Gasteiger partial charge in [0.05, 0.1) is 12.5 Å². The van der Waals surface area contributed by atoms with Crippen molar-refractivity contribution in [3.63, 3.8) is 0 Å². The van der Waals surface area contributed by atoms with Crippen LogP contribution in [0.15, 0.2) is 45.3 Å². The molecule has 0 radical (unpaired) electrons. The Morgan fingerprint density at radius 2 is 1.60 bits per heavy atom. The van der Waals surface area contributed by atoms with E-state index >= 15 is 0 Å². The molecule has 25 heavy (non-hydrogen) atoms. The zero-order valence-corrected chi connectivity index (χ0v) is 17.4. The molecule has 0 unspecified atom stereocenters. The molecule has 1 heterocycles. The summed E-state index contributed by atoms with van der Waals surface area (Å²) in [4.78, 5) is 0. The van der Waals surface area contributed by atoms with Crippen molar-refractivity contribution in [1.29, 1.82) is 5.26 Å². The number of hydrogen-bond donors (Lipinski definition) is 1. The zero-order valence-electron chi connectivity index (χ0n) is 12.7. The topological polar surface area (TPSA) is 78.2 Å². The Bertz CT molecular complexity index is 879. The van der Waals surface area contributed by atoms with Crippen LogP contribution in [0, 0.1) is 11.3 Å². The van der Waals surface area contributed by atoms with Crippen molar-refractivity contribution in [3.8, 4) is 6.07 Å². The van der Waals surface area contributed by atoms with E-state index in [9.17, 15) is 0 Å². The van der Waals surface area contributed by atoms with Crippen molar-refractivity contribution < 1.29 is 0 Å². The van der Waals surface area contributed by atoms with Crippen LogP contribution in [0.1, 0.15) is 17.0 Å². The summed E-state index contributed by atoms with van der Waals surface area (Å²) >= 11 is 18.3. The van der Waals surface area contributed by atoms with Crippen molar-refractivity contribution in [1.82, 2.24) is 20.6 Å². The number of nitrogens with one attached hydrogen (secondary N) is 1. The first-order valence-corrected chi connectivity index (χ1v) is 9.31. The molecule has 2 aromatic carbocycles. The van der Waals surface area contributed by atoms with Crippen molar-refractivity contribution in [2.45, 2.75) is 12.8 Å². The molecule has 3 aromatic rings. The molecule has 0 bridgehead atoms. The molecular formula is C16H11Br2Cl2N5. The maximum absolute atomic E-state index is 8.42. The Balaban J connectivity index is 0.000000186. The van der Waals surface area contributed by atoms with Gasteiger partial charge in [0.1, 0.15) is 0 Å². The van der Waals surface area contributed by atoms with Gasteiger partial charge in [0.2, 0.25) is 0 Å². The highest BCUT2D eigenvalue weighted by Gasteiger charge is 2.05. The summed E-state index contributed by atoms with van der Waals surface area (Å²) in [5, 5.41) is 23.4. The number of nitriles is 1. The lowest BCUT2D eigenvalue weighted by atomic mass is 10.1. The fraction of sp³-hybridized carbons (Fsp3) is 0.125. The molecule has 1 aromatic heterocycles. The maximum atomic E-state index is 8.42. The van der Waals surface area contributed by atoms with Gasteiger partial charge in [0, 0.05) is 25.4 Å². The van der Waals surface area contributed by atoms with E-state index in [2.05, 4.69) is 58.6 Å². The fourth-order valence-corrected chi connectivity index (χ4v) is 3.03. The highest BCUT2D eigenvalue weighted by atomic mass is 79.9. The molecule has 0 saturated heterocycles. The summed E-state index contributed by atoms with van der Waals surface area (Å²) < 4.78 is 1.93. The van der Waals surface area contributed by atoms with E-state index in [1.54, 1.807) is 12.1 Å². The van der Waals surface area contributed by atoms with Gasteiger partial charge in [-0.05, 0) is 47.5 Å². The minimum absolute atomic E-state index is 0.390. The summed E-state index contributed by atoms with van der Waals surface area (Å²) in [6.07, 6.45) is 0.999. The Kier molecular flexibility index (Phi) is 7.85. The third-order valence-corrected chi connectivity index (χ3v) is 5.04. The molecule has 5 nitrogen and oxygen atoms in total. The molecule has 3 rings (SSSR count). The van der Waals surface area contributed by atoms with Gasteiger partial charge in [-0.1, -0.05) is 60.3 Å². The van der Waals surface area contributed by atoms with E-state index in [4.69, 9.17) is 28.5 Å². The van der Waals surface area contributed by atoms with Gasteiger partial charge >= 0.3 is 0 Å².